The molecule has 2 heterocycles. The van der Waals surface area contributed by atoms with Crippen molar-refractivity contribution in [1.82, 2.24) is 30.0 Å². The molecule has 17 heavy (non-hydrogen) atoms. The number of rotatable bonds is 1. The van der Waals surface area contributed by atoms with E-state index in [4.69, 9.17) is 5.26 Å². The summed E-state index contributed by atoms with van der Waals surface area (Å²) in [4.78, 5) is 21.3. The van der Waals surface area contributed by atoms with Gasteiger partial charge in [-0.15, -0.1) is 9.78 Å². The lowest BCUT2D eigenvalue weighted by molar-refractivity contribution is -0.389. The van der Waals surface area contributed by atoms with E-state index in [1.54, 1.807) is 0 Å². The molecule has 0 amide bonds. The van der Waals surface area contributed by atoms with Crippen LogP contribution in [0.15, 0.2) is 12.4 Å². The molecule has 0 radical (unpaired) electrons. The number of hydrogen-bond acceptors (Lipinski definition) is 8. The smallest absolute Gasteiger partial charge is 0.358 e. The van der Waals surface area contributed by atoms with Gasteiger partial charge in [-0.25, -0.2) is 4.79 Å². The second-order valence-electron chi connectivity index (χ2n) is 2.67. The standard InChI is InChI=1S/C6H2N8O3/c7-3-4-5(14(16)17)9-11-13(4)6(15)12-2-1-8-10-12/h1-2H. The Balaban J connectivity index is 2.51. The summed E-state index contributed by atoms with van der Waals surface area (Å²) in [6.07, 6.45) is 2.44. The van der Waals surface area contributed by atoms with E-state index < -0.39 is 22.5 Å². The highest BCUT2D eigenvalue weighted by Gasteiger charge is 2.28. The largest absolute Gasteiger partial charge is 0.429 e. The van der Waals surface area contributed by atoms with Crippen molar-refractivity contribution >= 4 is 11.8 Å². The molecule has 0 saturated heterocycles. The molecule has 2 rings (SSSR count). The topological polar surface area (TPSA) is 145 Å². The van der Waals surface area contributed by atoms with Crippen molar-refractivity contribution in [3.8, 4) is 6.07 Å². The fourth-order valence-electron chi connectivity index (χ4n) is 1.04. The first-order chi connectivity index (χ1) is 8.15. The van der Waals surface area contributed by atoms with Crippen LogP contribution < -0.4 is 0 Å². The zero-order valence-electron chi connectivity index (χ0n) is 7.96. The Morgan fingerprint density at radius 2 is 2.29 bits per heavy atom. The van der Waals surface area contributed by atoms with Crippen LogP contribution in [0.5, 0.6) is 0 Å². The Kier molecular flexibility index (Phi) is 2.30. The second kappa shape index (κ2) is 3.77. The number of aromatic nitrogens is 6. The number of carbonyl (C=O) groups is 1. The maximum absolute atomic E-state index is 11.7. The summed E-state index contributed by atoms with van der Waals surface area (Å²) in [5.41, 5.74) is -0.574. The number of nitriles is 1. The molecule has 0 bridgehead atoms. The summed E-state index contributed by atoms with van der Waals surface area (Å²) in [6.45, 7) is 0. The van der Waals surface area contributed by atoms with Gasteiger partial charge in [-0.2, -0.15) is 9.94 Å². The first kappa shape index (κ1) is 10.4. The maximum atomic E-state index is 11.7. The van der Waals surface area contributed by atoms with Gasteiger partial charge in [-0.3, -0.25) is 0 Å². The molecule has 0 atom stereocenters. The minimum absolute atomic E-state index is 0.479. The predicted octanol–water partition coefficient (Wildman–Crippen LogP) is -0.834. The number of nitro groups is 1. The number of nitrogens with zero attached hydrogens (tertiary/aromatic N) is 8. The highest BCUT2D eigenvalue weighted by atomic mass is 16.6. The van der Waals surface area contributed by atoms with Gasteiger partial charge in [0.05, 0.1) is 17.6 Å². The third-order valence-electron chi connectivity index (χ3n) is 1.73. The molecule has 0 spiro atoms. The molecule has 0 saturated carbocycles. The van der Waals surface area contributed by atoms with E-state index in [9.17, 15) is 14.9 Å². The fraction of sp³-hybridized carbons (Fsp3) is 0. The van der Waals surface area contributed by atoms with E-state index >= 15 is 0 Å². The average molecular weight is 234 g/mol. The Morgan fingerprint density at radius 1 is 1.53 bits per heavy atom. The number of hydrogen-bond donors (Lipinski definition) is 0. The first-order valence-corrected chi connectivity index (χ1v) is 4.06. The van der Waals surface area contributed by atoms with E-state index in [0.29, 0.717) is 4.68 Å². The van der Waals surface area contributed by atoms with Gasteiger partial charge in [-0.05, 0) is 4.92 Å². The Morgan fingerprint density at radius 3 is 2.82 bits per heavy atom. The zero-order valence-corrected chi connectivity index (χ0v) is 7.96. The third-order valence-corrected chi connectivity index (χ3v) is 1.73. The Labute approximate surface area is 92.0 Å². The average Bonchev–Trinajstić information content (AvgIpc) is 2.96. The van der Waals surface area contributed by atoms with Gasteiger partial charge in [0.1, 0.15) is 11.2 Å². The van der Waals surface area contributed by atoms with E-state index in [1.807, 2.05) is 0 Å². The van der Waals surface area contributed by atoms with Crippen molar-refractivity contribution in [3.05, 3.63) is 28.2 Å². The molecule has 2 aromatic heterocycles. The van der Waals surface area contributed by atoms with Crippen LogP contribution in [0.4, 0.5) is 10.6 Å². The summed E-state index contributed by atoms with van der Waals surface area (Å²) in [5.74, 6) is -0.791. The number of carbonyl (C=O) groups excluding carboxylic acids is 1. The molecule has 0 N–H and O–H groups in total. The van der Waals surface area contributed by atoms with Crippen molar-refractivity contribution < 1.29 is 9.72 Å². The lowest BCUT2D eigenvalue weighted by Crippen LogP contribution is -2.22. The summed E-state index contributed by atoms with van der Waals surface area (Å²) in [7, 11) is 0. The van der Waals surface area contributed by atoms with Crippen molar-refractivity contribution in [1.29, 1.82) is 5.26 Å². The fourth-order valence-corrected chi connectivity index (χ4v) is 1.04. The van der Waals surface area contributed by atoms with Crippen LogP contribution in [-0.4, -0.2) is 40.9 Å². The molecule has 84 valence electrons. The lowest BCUT2D eigenvalue weighted by Gasteiger charge is -1.96. The van der Waals surface area contributed by atoms with Gasteiger partial charge in [0.15, 0.2) is 0 Å². The van der Waals surface area contributed by atoms with E-state index in [1.165, 1.54) is 18.5 Å². The molecule has 0 aromatic carbocycles. The molecule has 2 aromatic rings. The summed E-state index contributed by atoms with van der Waals surface area (Å²) in [6, 6.07) is 0.593. The molecular weight excluding hydrogens is 232 g/mol. The SMILES string of the molecule is N#Cc1c([N+](=O)[O-])nnn1C(=O)n1ccnn1. The first-order valence-electron chi connectivity index (χ1n) is 4.06. The quantitative estimate of drug-likeness (QED) is 0.458. The Bertz CT molecular complexity index is 620. The highest BCUT2D eigenvalue weighted by Crippen LogP contribution is 2.12. The van der Waals surface area contributed by atoms with Crippen LogP contribution in [0.3, 0.4) is 0 Å². The van der Waals surface area contributed by atoms with Gasteiger partial charge in [0.2, 0.25) is 0 Å². The minimum atomic E-state index is -0.906. The van der Waals surface area contributed by atoms with E-state index in [-0.39, 0.29) is 0 Å². The second-order valence-corrected chi connectivity index (χ2v) is 2.67. The summed E-state index contributed by atoms with van der Waals surface area (Å²) >= 11 is 0. The summed E-state index contributed by atoms with van der Waals surface area (Å²) < 4.78 is 1.24. The molecular formula is C6H2N8O3. The highest BCUT2D eigenvalue weighted by molar-refractivity contribution is 5.79. The normalized spacial score (nSPS) is 9.82. The van der Waals surface area contributed by atoms with Crippen molar-refractivity contribution in [2.75, 3.05) is 0 Å². The zero-order chi connectivity index (χ0) is 12.4. The van der Waals surface area contributed by atoms with Crippen molar-refractivity contribution in [3.63, 3.8) is 0 Å². The van der Waals surface area contributed by atoms with Gasteiger partial charge in [0.25, 0.3) is 5.69 Å². The van der Waals surface area contributed by atoms with Crippen LogP contribution in [-0.2, 0) is 0 Å². The van der Waals surface area contributed by atoms with E-state index in [2.05, 4.69) is 20.6 Å². The Hall–Kier alpha value is -3.16. The molecule has 0 aliphatic rings. The summed E-state index contributed by atoms with van der Waals surface area (Å²) in [5, 5.41) is 32.3. The van der Waals surface area contributed by atoms with Gasteiger partial charge in [0, 0.05) is 0 Å². The third kappa shape index (κ3) is 1.59. The predicted molar refractivity (Wildman–Crippen MR) is 47.6 cm³/mol. The molecule has 0 aliphatic heterocycles. The lowest BCUT2D eigenvalue weighted by atomic mass is 10.5. The minimum Gasteiger partial charge on any atom is -0.358 e. The van der Waals surface area contributed by atoms with Crippen LogP contribution >= 0.6 is 0 Å². The van der Waals surface area contributed by atoms with Crippen LogP contribution in [0.2, 0.25) is 0 Å². The van der Waals surface area contributed by atoms with Gasteiger partial charge >= 0.3 is 11.8 Å². The van der Waals surface area contributed by atoms with Crippen molar-refractivity contribution in [2.24, 2.45) is 0 Å². The van der Waals surface area contributed by atoms with Crippen LogP contribution in [0.1, 0.15) is 5.69 Å². The molecule has 0 fully saturated rings. The van der Waals surface area contributed by atoms with Gasteiger partial charge in [-0.1, -0.05) is 5.21 Å². The monoisotopic (exact) mass is 234 g/mol. The van der Waals surface area contributed by atoms with Crippen molar-refractivity contribution in [2.45, 2.75) is 0 Å². The molecule has 0 unspecified atom stereocenters. The molecule has 0 aliphatic carbocycles. The van der Waals surface area contributed by atoms with Gasteiger partial charge < -0.3 is 10.1 Å². The molecule has 11 heteroatoms. The van der Waals surface area contributed by atoms with E-state index in [0.717, 1.165) is 4.68 Å². The molecule has 11 nitrogen and oxygen atoms in total. The van der Waals surface area contributed by atoms with Crippen LogP contribution in [0, 0.1) is 21.4 Å². The maximum Gasteiger partial charge on any atom is 0.429 e. The van der Waals surface area contributed by atoms with Crippen LogP contribution in [0.25, 0.3) is 0 Å².